The molecule has 0 spiro atoms. The van der Waals surface area contributed by atoms with Gasteiger partial charge in [0.2, 0.25) is 5.91 Å². The zero-order valence-corrected chi connectivity index (χ0v) is 17.4. The van der Waals surface area contributed by atoms with E-state index >= 15 is 0 Å². The molecule has 156 valence electrons. The van der Waals surface area contributed by atoms with Crippen LogP contribution in [0.15, 0.2) is 48.5 Å². The molecule has 1 amide bonds. The second kappa shape index (κ2) is 8.00. The first-order valence-corrected chi connectivity index (χ1v) is 10.4. The molecule has 0 aliphatic carbocycles. The Morgan fingerprint density at radius 1 is 1.23 bits per heavy atom. The number of fused-ring (bicyclic) bond motifs is 1. The van der Waals surface area contributed by atoms with Gasteiger partial charge in [-0.15, -0.1) is 0 Å². The number of carbonyl (C=O) groups excluding carboxylic acids is 1. The van der Waals surface area contributed by atoms with E-state index in [1.54, 1.807) is 18.2 Å². The lowest BCUT2D eigenvalue weighted by atomic mass is 9.84. The average molecular weight is 405 g/mol. The highest BCUT2D eigenvalue weighted by molar-refractivity contribution is 5.82. The largest absolute Gasteiger partial charge is 0.485 e. The number of amides is 1. The molecule has 0 aromatic heterocycles. The van der Waals surface area contributed by atoms with Crippen molar-refractivity contribution in [2.75, 3.05) is 24.5 Å². The van der Waals surface area contributed by atoms with Crippen molar-refractivity contribution in [3.8, 4) is 11.8 Å². The van der Waals surface area contributed by atoms with Crippen LogP contribution in [0.1, 0.15) is 43.9 Å². The molecule has 6 heteroatoms. The van der Waals surface area contributed by atoms with Gasteiger partial charge in [0.15, 0.2) is 0 Å². The molecule has 2 heterocycles. The van der Waals surface area contributed by atoms with Crippen molar-refractivity contribution < 1.29 is 14.6 Å². The Labute approximate surface area is 177 Å². The van der Waals surface area contributed by atoms with Crippen molar-refractivity contribution in [2.24, 2.45) is 0 Å². The van der Waals surface area contributed by atoms with Crippen LogP contribution in [0.4, 0.5) is 5.69 Å². The second-order valence-corrected chi connectivity index (χ2v) is 8.51. The molecule has 30 heavy (non-hydrogen) atoms. The summed E-state index contributed by atoms with van der Waals surface area (Å²) in [5, 5.41) is 20.8. The van der Waals surface area contributed by atoms with E-state index in [1.165, 1.54) is 0 Å². The molecule has 4 rings (SSSR count). The monoisotopic (exact) mass is 405 g/mol. The number of carbonyl (C=O) groups is 1. The minimum absolute atomic E-state index is 0.0471. The van der Waals surface area contributed by atoms with Crippen molar-refractivity contribution in [2.45, 2.75) is 44.4 Å². The van der Waals surface area contributed by atoms with Gasteiger partial charge in [-0.25, -0.2) is 0 Å². The molecule has 2 aromatic carbocycles. The zero-order valence-electron chi connectivity index (χ0n) is 17.4. The third kappa shape index (κ3) is 3.73. The van der Waals surface area contributed by atoms with Gasteiger partial charge in [0.1, 0.15) is 17.5 Å². The van der Waals surface area contributed by atoms with Gasteiger partial charge in [0, 0.05) is 24.3 Å². The van der Waals surface area contributed by atoms with E-state index in [0.29, 0.717) is 11.3 Å². The van der Waals surface area contributed by atoms with Crippen LogP contribution in [0.3, 0.4) is 0 Å². The number of nitriles is 1. The maximum atomic E-state index is 13.1. The van der Waals surface area contributed by atoms with E-state index in [9.17, 15) is 15.2 Å². The van der Waals surface area contributed by atoms with Crippen molar-refractivity contribution in [1.29, 1.82) is 5.26 Å². The minimum Gasteiger partial charge on any atom is -0.485 e. The van der Waals surface area contributed by atoms with Crippen molar-refractivity contribution in [3.63, 3.8) is 0 Å². The fourth-order valence-corrected chi connectivity index (χ4v) is 4.36. The Morgan fingerprint density at radius 3 is 2.60 bits per heavy atom. The number of anilines is 1. The molecule has 2 aromatic rings. The van der Waals surface area contributed by atoms with E-state index in [4.69, 9.17) is 4.74 Å². The van der Waals surface area contributed by atoms with Gasteiger partial charge in [-0.3, -0.25) is 4.79 Å². The van der Waals surface area contributed by atoms with Crippen molar-refractivity contribution in [3.05, 3.63) is 59.7 Å². The number of rotatable bonds is 4. The fraction of sp³-hybridized carbons (Fsp3) is 0.417. The minimum atomic E-state index is -0.898. The Hall–Kier alpha value is -3.04. The molecule has 0 unspecified atom stereocenters. The molecular weight excluding hydrogens is 378 g/mol. The normalized spacial score (nSPS) is 22.0. The molecule has 2 atom stereocenters. The number of aliphatic hydroxyl groups is 1. The summed E-state index contributed by atoms with van der Waals surface area (Å²) in [4.78, 5) is 16.9. The highest BCUT2D eigenvalue weighted by Crippen LogP contribution is 2.44. The summed E-state index contributed by atoms with van der Waals surface area (Å²) in [6.07, 6.45) is 1.15. The van der Waals surface area contributed by atoms with Gasteiger partial charge >= 0.3 is 0 Å². The molecular formula is C24H27N3O3. The highest BCUT2D eigenvalue weighted by Gasteiger charge is 2.46. The van der Waals surface area contributed by atoms with Crippen LogP contribution in [0.2, 0.25) is 0 Å². The van der Waals surface area contributed by atoms with E-state index in [2.05, 4.69) is 6.07 Å². The molecule has 2 aliphatic heterocycles. The Morgan fingerprint density at radius 2 is 1.93 bits per heavy atom. The Balaban J connectivity index is 1.80. The van der Waals surface area contributed by atoms with Crippen LogP contribution in [0, 0.1) is 11.3 Å². The van der Waals surface area contributed by atoms with Crippen LogP contribution < -0.4 is 9.64 Å². The van der Waals surface area contributed by atoms with Crippen LogP contribution in [0.25, 0.3) is 0 Å². The van der Waals surface area contributed by atoms with Gasteiger partial charge in [-0.1, -0.05) is 18.2 Å². The summed E-state index contributed by atoms with van der Waals surface area (Å²) in [6, 6.07) is 16.6. The number of nitrogens with zero attached hydrogens (tertiary/aromatic N) is 3. The lowest BCUT2D eigenvalue weighted by molar-refractivity contribution is -0.129. The van der Waals surface area contributed by atoms with Crippen LogP contribution in [0.5, 0.6) is 5.75 Å². The molecule has 6 nitrogen and oxygen atoms in total. The van der Waals surface area contributed by atoms with Crippen molar-refractivity contribution >= 4 is 11.6 Å². The van der Waals surface area contributed by atoms with Crippen molar-refractivity contribution in [1.82, 2.24) is 4.90 Å². The topological polar surface area (TPSA) is 76.8 Å². The second-order valence-electron chi connectivity index (χ2n) is 8.51. The maximum absolute atomic E-state index is 13.1. The summed E-state index contributed by atoms with van der Waals surface area (Å²) >= 11 is 0. The number of aliphatic hydroxyl groups excluding tert-OH is 1. The third-order valence-electron chi connectivity index (χ3n) is 6.03. The third-order valence-corrected chi connectivity index (χ3v) is 6.03. The number of benzene rings is 2. The Kier molecular flexibility index (Phi) is 5.40. The number of para-hydroxylation sites is 1. The van der Waals surface area contributed by atoms with E-state index < -0.39 is 17.7 Å². The summed E-state index contributed by atoms with van der Waals surface area (Å²) in [5.41, 5.74) is 1.21. The van der Waals surface area contributed by atoms with Gasteiger partial charge < -0.3 is 19.6 Å². The lowest BCUT2D eigenvalue weighted by Gasteiger charge is -2.47. The molecule has 0 saturated carbocycles. The molecule has 1 fully saturated rings. The van der Waals surface area contributed by atoms with Gasteiger partial charge in [-0.05, 0) is 57.0 Å². The van der Waals surface area contributed by atoms with E-state index in [-0.39, 0.29) is 12.5 Å². The van der Waals surface area contributed by atoms with Crippen LogP contribution in [-0.4, -0.2) is 47.3 Å². The predicted octanol–water partition coefficient (Wildman–Crippen LogP) is 3.26. The number of ether oxygens (including phenoxy) is 1. The van der Waals surface area contributed by atoms with E-state index in [1.807, 2.05) is 54.0 Å². The molecule has 0 radical (unpaired) electrons. The molecule has 2 aliphatic rings. The lowest BCUT2D eigenvalue weighted by Crippen LogP contribution is -2.55. The summed E-state index contributed by atoms with van der Waals surface area (Å²) in [7, 11) is 0. The molecule has 1 N–H and O–H groups in total. The summed E-state index contributed by atoms with van der Waals surface area (Å²) in [5.74, 6) is 0.676. The van der Waals surface area contributed by atoms with Crippen LogP contribution in [-0.2, 0) is 4.79 Å². The van der Waals surface area contributed by atoms with Gasteiger partial charge in [-0.2, -0.15) is 5.26 Å². The molecule has 1 saturated heterocycles. The zero-order chi connectivity index (χ0) is 21.3. The van der Waals surface area contributed by atoms with E-state index in [0.717, 1.165) is 37.2 Å². The first kappa shape index (κ1) is 20.2. The summed E-state index contributed by atoms with van der Waals surface area (Å²) in [6.45, 7) is 5.39. The quantitative estimate of drug-likeness (QED) is 0.845. The Bertz CT molecular complexity index is 961. The number of hydrogen-bond acceptors (Lipinski definition) is 5. The standard InChI is InChI=1S/C24H27N3O3/c1-24(2)23(29)22(19-14-17(15-25)10-11-20(19)30-24)27(18-8-4-3-5-9-18)16-21(28)26-12-6-7-13-26/h3-5,8-11,14,22-23,29H,6-7,12-13,16H2,1-2H3/t22-,23+/m0/s1. The molecule has 0 bridgehead atoms. The van der Waals surface area contributed by atoms with Crippen LogP contribution >= 0.6 is 0 Å². The summed E-state index contributed by atoms with van der Waals surface area (Å²) < 4.78 is 6.07. The maximum Gasteiger partial charge on any atom is 0.242 e. The average Bonchev–Trinajstić information content (AvgIpc) is 3.29. The first-order chi connectivity index (χ1) is 14.4. The van der Waals surface area contributed by atoms with Gasteiger partial charge in [0.25, 0.3) is 0 Å². The van der Waals surface area contributed by atoms with Gasteiger partial charge in [0.05, 0.1) is 24.2 Å². The fourth-order valence-electron chi connectivity index (χ4n) is 4.36. The predicted molar refractivity (Wildman–Crippen MR) is 114 cm³/mol. The highest BCUT2D eigenvalue weighted by atomic mass is 16.5. The number of likely N-dealkylation sites (tertiary alicyclic amines) is 1. The smallest absolute Gasteiger partial charge is 0.242 e. The SMILES string of the molecule is CC1(C)Oc2ccc(C#N)cc2[C@H](N(CC(=O)N2CCCC2)c2ccccc2)[C@H]1O. The number of hydrogen-bond donors (Lipinski definition) is 1. The first-order valence-electron chi connectivity index (χ1n) is 10.4.